The van der Waals surface area contributed by atoms with Gasteiger partial charge >= 0.3 is 0 Å². The third kappa shape index (κ3) is 2.94. The van der Waals surface area contributed by atoms with Crippen LogP contribution in [0.3, 0.4) is 0 Å². The second-order valence-corrected chi connectivity index (χ2v) is 3.89. The normalized spacial score (nSPS) is 12.8. The average molecular weight is 198 g/mol. The first kappa shape index (κ1) is 10.4. The highest BCUT2D eigenvalue weighted by Crippen LogP contribution is 2.11. The fraction of sp³-hybridized carbons (Fsp3) is 0.500. The molecule has 0 aliphatic rings. The molecule has 0 saturated carbocycles. The Morgan fingerprint density at radius 1 is 1.69 bits per heavy atom. The largest absolute Gasteiger partial charge is 0.374 e. The maximum atomic E-state index is 11.6. The van der Waals surface area contributed by atoms with Crippen molar-refractivity contribution in [2.45, 2.75) is 25.9 Å². The van der Waals surface area contributed by atoms with Crippen LogP contribution >= 0.6 is 11.3 Å². The van der Waals surface area contributed by atoms with E-state index < -0.39 is 0 Å². The molecule has 0 bridgehead atoms. The minimum atomic E-state index is -0.234. The summed E-state index contributed by atoms with van der Waals surface area (Å²) < 4.78 is 5.07. The Bertz CT molecular complexity index is 250. The number of hydrogen-bond donors (Lipinski definition) is 0. The van der Waals surface area contributed by atoms with Gasteiger partial charge in [0.2, 0.25) is 0 Å². The van der Waals surface area contributed by atoms with Gasteiger partial charge in [-0.15, -0.1) is 11.3 Å². The Hall–Kier alpha value is -0.670. The highest BCUT2D eigenvalue weighted by Gasteiger charge is 2.15. The number of carbonyl (C=O) groups excluding carboxylic acids is 1. The zero-order valence-corrected chi connectivity index (χ0v) is 8.76. The van der Waals surface area contributed by atoms with Crippen molar-refractivity contribution in [3.63, 3.8) is 0 Å². The van der Waals surface area contributed by atoms with Gasteiger partial charge in [0.1, 0.15) is 6.10 Å². The molecule has 1 heterocycles. The molecule has 1 rings (SSSR count). The third-order valence-electron chi connectivity index (χ3n) is 1.94. The van der Waals surface area contributed by atoms with Crippen molar-refractivity contribution in [2.24, 2.45) is 0 Å². The van der Waals surface area contributed by atoms with Crippen LogP contribution in [0.15, 0.2) is 17.5 Å². The molecule has 0 aliphatic carbocycles. The minimum Gasteiger partial charge on any atom is -0.374 e. The summed E-state index contributed by atoms with van der Waals surface area (Å²) in [5.74, 6) is 0.174. The standard InChI is InChI=1S/C10H14O2S/c1-3-10(12-2)9(11)7-8-5-4-6-13-8/h4-6,10H,3,7H2,1-2H3. The minimum absolute atomic E-state index is 0.174. The van der Waals surface area contributed by atoms with E-state index in [4.69, 9.17) is 4.74 Å². The molecule has 1 aromatic heterocycles. The van der Waals surface area contributed by atoms with Gasteiger partial charge in [0.25, 0.3) is 0 Å². The van der Waals surface area contributed by atoms with Crippen LogP contribution in [-0.4, -0.2) is 19.0 Å². The smallest absolute Gasteiger partial charge is 0.166 e. The van der Waals surface area contributed by atoms with E-state index >= 15 is 0 Å². The highest BCUT2D eigenvalue weighted by molar-refractivity contribution is 7.10. The number of rotatable bonds is 5. The Morgan fingerprint density at radius 2 is 2.46 bits per heavy atom. The lowest BCUT2D eigenvalue weighted by Gasteiger charge is -2.10. The van der Waals surface area contributed by atoms with Crippen LogP contribution in [0.5, 0.6) is 0 Å². The number of thiophene rings is 1. The summed E-state index contributed by atoms with van der Waals surface area (Å²) in [6.07, 6.45) is 1.02. The van der Waals surface area contributed by atoms with E-state index in [-0.39, 0.29) is 11.9 Å². The number of methoxy groups -OCH3 is 1. The van der Waals surface area contributed by atoms with E-state index in [1.54, 1.807) is 18.4 Å². The molecule has 1 aromatic rings. The van der Waals surface area contributed by atoms with Crippen LogP contribution in [0.2, 0.25) is 0 Å². The lowest BCUT2D eigenvalue weighted by Crippen LogP contribution is -2.23. The zero-order valence-electron chi connectivity index (χ0n) is 7.95. The number of hydrogen-bond acceptors (Lipinski definition) is 3. The fourth-order valence-electron chi connectivity index (χ4n) is 1.22. The molecular formula is C10H14O2S. The van der Waals surface area contributed by atoms with Crippen molar-refractivity contribution in [3.8, 4) is 0 Å². The van der Waals surface area contributed by atoms with Gasteiger partial charge in [-0.2, -0.15) is 0 Å². The third-order valence-corrected chi connectivity index (χ3v) is 2.82. The van der Waals surface area contributed by atoms with E-state index in [9.17, 15) is 4.79 Å². The Balaban J connectivity index is 2.49. The van der Waals surface area contributed by atoms with Gasteiger partial charge < -0.3 is 4.74 Å². The quantitative estimate of drug-likeness (QED) is 0.725. The number of carbonyl (C=O) groups is 1. The summed E-state index contributed by atoms with van der Waals surface area (Å²) in [6, 6.07) is 3.94. The van der Waals surface area contributed by atoms with Gasteiger partial charge in [-0.05, 0) is 17.9 Å². The molecule has 13 heavy (non-hydrogen) atoms. The molecule has 3 heteroatoms. The number of ketones is 1. The second-order valence-electron chi connectivity index (χ2n) is 2.86. The van der Waals surface area contributed by atoms with E-state index in [1.807, 2.05) is 24.4 Å². The van der Waals surface area contributed by atoms with E-state index in [2.05, 4.69) is 0 Å². The second kappa shape index (κ2) is 5.14. The lowest BCUT2D eigenvalue weighted by molar-refractivity contribution is -0.128. The molecule has 0 amide bonds. The molecule has 0 N–H and O–H groups in total. The Morgan fingerprint density at radius 3 is 2.92 bits per heavy atom. The molecule has 72 valence electrons. The first-order chi connectivity index (χ1) is 6.27. The maximum absolute atomic E-state index is 11.6. The monoisotopic (exact) mass is 198 g/mol. The molecule has 1 unspecified atom stereocenters. The summed E-state index contributed by atoms with van der Waals surface area (Å²) in [5.41, 5.74) is 0. The van der Waals surface area contributed by atoms with E-state index in [0.717, 1.165) is 11.3 Å². The molecular weight excluding hydrogens is 184 g/mol. The van der Waals surface area contributed by atoms with Crippen molar-refractivity contribution in [2.75, 3.05) is 7.11 Å². The average Bonchev–Trinajstić information content (AvgIpc) is 2.59. The molecule has 0 spiro atoms. The van der Waals surface area contributed by atoms with Crippen molar-refractivity contribution < 1.29 is 9.53 Å². The Kier molecular flexibility index (Phi) is 4.12. The van der Waals surface area contributed by atoms with Crippen LogP contribution in [0.4, 0.5) is 0 Å². The van der Waals surface area contributed by atoms with Gasteiger partial charge in [0.15, 0.2) is 5.78 Å². The highest BCUT2D eigenvalue weighted by atomic mass is 32.1. The van der Waals surface area contributed by atoms with Crippen LogP contribution in [0.1, 0.15) is 18.2 Å². The molecule has 0 fully saturated rings. The van der Waals surface area contributed by atoms with Gasteiger partial charge in [0.05, 0.1) is 0 Å². The van der Waals surface area contributed by atoms with Crippen LogP contribution < -0.4 is 0 Å². The van der Waals surface area contributed by atoms with Crippen molar-refractivity contribution in [1.29, 1.82) is 0 Å². The first-order valence-electron chi connectivity index (χ1n) is 4.35. The first-order valence-corrected chi connectivity index (χ1v) is 5.23. The van der Waals surface area contributed by atoms with Crippen molar-refractivity contribution in [3.05, 3.63) is 22.4 Å². The van der Waals surface area contributed by atoms with Gasteiger partial charge in [-0.25, -0.2) is 0 Å². The molecule has 2 nitrogen and oxygen atoms in total. The van der Waals surface area contributed by atoms with E-state index in [1.165, 1.54) is 0 Å². The molecule has 0 aromatic carbocycles. The summed E-state index contributed by atoms with van der Waals surface area (Å²) in [5, 5.41) is 1.98. The summed E-state index contributed by atoms with van der Waals surface area (Å²) in [7, 11) is 1.58. The van der Waals surface area contributed by atoms with Crippen molar-refractivity contribution >= 4 is 17.1 Å². The van der Waals surface area contributed by atoms with Gasteiger partial charge in [-0.3, -0.25) is 4.79 Å². The van der Waals surface area contributed by atoms with Crippen LogP contribution in [0, 0.1) is 0 Å². The SMILES string of the molecule is CCC(OC)C(=O)Cc1cccs1. The predicted octanol–water partition coefficient (Wildman–Crippen LogP) is 2.28. The molecule has 0 saturated heterocycles. The molecule has 0 aliphatic heterocycles. The maximum Gasteiger partial charge on any atom is 0.166 e. The van der Waals surface area contributed by atoms with Gasteiger partial charge in [0, 0.05) is 18.4 Å². The lowest BCUT2D eigenvalue weighted by atomic mass is 10.1. The summed E-state index contributed by atoms with van der Waals surface area (Å²) in [6.45, 7) is 1.96. The Labute approximate surface area is 82.5 Å². The topological polar surface area (TPSA) is 26.3 Å². The fourth-order valence-corrected chi connectivity index (χ4v) is 1.94. The number of Topliss-reactive ketones (excluding diaryl/α,β-unsaturated/α-hetero) is 1. The number of ether oxygens (including phenoxy) is 1. The van der Waals surface area contributed by atoms with Crippen LogP contribution in [-0.2, 0) is 16.0 Å². The molecule has 1 atom stereocenters. The summed E-state index contributed by atoms with van der Waals surface area (Å²) >= 11 is 1.61. The van der Waals surface area contributed by atoms with Gasteiger partial charge in [-0.1, -0.05) is 13.0 Å². The van der Waals surface area contributed by atoms with E-state index in [0.29, 0.717) is 6.42 Å². The van der Waals surface area contributed by atoms with Crippen LogP contribution in [0.25, 0.3) is 0 Å². The summed E-state index contributed by atoms with van der Waals surface area (Å²) in [4.78, 5) is 12.7. The zero-order chi connectivity index (χ0) is 9.68. The van der Waals surface area contributed by atoms with Crippen molar-refractivity contribution in [1.82, 2.24) is 0 Å². The predicted molar refractivity (Wildman–Crippen MR) is 54.1 cm³/mol. The molecule has 0 radical (unpaired) electrons.